The molecule has 1 heterocycles. The van der Waals surface area contributed by atoms with Crippen LogP contribution in [-0.4, -0.2) is 23.6 Å². The topological polar surface area (TPSA) is 58.2 Å². The van der Waals surface area contributed by atoms with Gasteiger partial charge in [0.1, 0.15) is 5.82 Å². The first-order valence-electron chi connectivity index (χ1n) is 7.69. The van der Waals surface area contributed by atoms with Gasteiger partial charge in [-0.2, -0.15) is 0 Å². The maximum absolute atomic E-state index is 12.8. The van der Waals surface area contributed by atoms with E-state index in [1.165, 1.54) is 23.9 Å². The molecule has 4 nitrogen and oxygen atoms in total. The van der Waals surface area contributed by atoms with Gasteiger partial charge < -0.3 is 10.6 Å². The number of carbonyl (C=O) groups excluding carboxylic acids is 2. The zero-order chi connectivity index (χ0) is 16.9. The smallest absolute Gasteiger partial charge is 0.238 e. The van der Waals surface area contributed by atoms with Gasteiger partial charge in [-0.05, 0) is 36.2 Å². The normalized spacial score (nSPS) is 16.2. The number of para-hydroxylation sites is 1. The number of amides is 2. The van der Waals surface area contributed by atoms with Gasteiger partial charge in [0.2, 0.25) is 11.8 Å². The summed E-state index contributed by atoms with van der Waals surface area (Å²) in [5, 5.41) is 5.21. The summed E-state index contributed by atoms with van der Waals surface area (Å²) in [5.41, 5.74) is 1.75. The van der Waals surface area contributed by atoms with Crippen LogP contribution < -0.4 is 10.6 Å². The minimum Gasteiger partial charge on any atom is -0.356 e. The summed E-state index contributed by atoms with van der Waals surface area (Å²) >= 11 is 1.41. The Kier molecular flexibility index (Phi) is 5.15. The number of anilines is 1. The Labute approximate surface area is 143 Å². The summed E-state index contributed by atoms with van der Waals surface area (Å²) in [6.07, 6.45) is 0.757. The van der Waals surface area contributed by atoms with Crippen molar-refractivity contribution in [2.45, 2.75) is 23.0 Å². The van der Waals surface area contributed by atoms with Crippen molar-refractivity contribution < 1.29 is 14.0 Å². The number of nitrogens with one attached hydrogen (secondary N) is 2. The third-order valence-electron chi connectivity index (χ3n) is 3.73. The molecule has 2 N–H and O–H groups in total. The molecule has 0 unspecified atom stereocenters. The van der Waals surface area contributed by atoms with Crippen LogP contribution in [0.2, 0.25) is 0 Å². The molecule has 0 saturated heterocycles. The monoisotopic (exact) mass is 344 g/mol. The van der Waals surface area contributed by atoms with Crippen molar-refractivity contribution in [3.05, 3.63) is 59.9 Å². The van der Waals surface area contributed by atoms with Gasteiger partial charge in [-0.15, -0.1) is 11.8 Å². The van der Waals surface area contributed by atoms with Crippen molar-refractivity contribution in [2.24, 2.45) is 0 Å². The van der Waals surface area contributed by atoms with Crippen LogP contribution in [0.5, 0.6) is 0 Å². The zero-order valence-corrected chi connectivity index (χ0v) is 13.7. The van der Waals surface area contributed by atoms with Crippen LogP contribution >= 0.6 is 11.8 Å². The molecule has 124 valence electrons. The van der Waals surface area contributed by atoms with Crippen LogP contribution in [0.4, 0.5) is 10.1 Å². The van der Waals surface area contributed by atoms with Crippen molar-refractivity contribution >= 4 is 29.3 Å². The summed E-state index contributed by atoms with van der Waals surface area (Å²) in [6.45, 7) is 0.458. The first-order chi connectivity index (χ1) is 11.6. The molecule has 1 aliphatic rings. The fraction of sp³-hybridized carbons (Fsp3) is 0.222. The molecule has 0 bridgehead atoms. The van der Waals surface area contributed by atoms with Gasteiger partial charge in [0.15, 0.2) is 0 Å². The predicted octanol–water partition coefficient (Wildman–Crippen LogP) is 2.99. The summed E-state index contributed by atoms with van der Waals surface area (Å²) < 4.78 is 12.8. The standard InChI is InChI=1S/C18H17FN2O2S/c19-13-7-5-12(6-8-13)9-10-20-17(22)11-16-18(23)21-14-3-1-2-4-15(14)24-16/h1-8,16H,9-11H2,(H,20,22)(H,21,23)/t16-/m0/s1. The first kappa shape index (κ1) is 16.5. The summed E-state index contributed by atoms with van der Waals surface area (Å²) in [6, 6.07) is 13.7. The molecule has 0 saturated carbocycles. The lowest BCUT2D eigenvalue weighted by Crippen LogP contribution is -2.35. The largest absolute Gasteiger partial charge is 0.356 e. The highest BCUT2D eigenvalue weighted by molar-refractivity contribution is 8.01. The Morgan fingerprint density at radius 1 is 1.17 bits per heavy atom. The van der Waals surface area contributed by atoms with Gasteiger partial charge >= 0.3 is 0 Å². The van der Waals surface area contributed by atoms with Crippen LogP contribution in [0.25, 0.3) is 0 Å². The first-order valence-corrected chi connectivity index (χ1v) is 8.57. The third-order valence-corrected chi connectivity index (χ3v) is 5.00. The molecule has 0 spiro atoms. The van der Waals surface area contributed by atoms with E-state index in [1.807, 2.05) is 24.3 Å². The van der Waals surface area contributed by atoms with Crippen molar-refractivity contribution in [3.63, 3.8) is 0 Å². The number of hydrogen-bond acceptors (Lipinski definition) is 3. The molecule has 0 radical (unpaired) electrons. The van der Waals surface area contributed by atoms with E-state index in [0.717, 1.165) is 16.1 Å². The molecule has 1 aliphatic heterocycles. The number of thioether (sulfide) groups is 1. The van der Waals surface area contributed by atoms with Gasteiger partial charge in [-0.25, -0.2) is 4.39 Å². The van der Waals surface area contributed by atoms with E-state index >= 15 is 0 Å². The van der Waals surface area contributed by atoms with Gasteiger partial charge in [0.05, 0.1) is 10.9 Å². The van der Waals surface area contributed by atoms with E-state index in [4.69, 9.17) is 0 Å². The van der Waals surface area contributed by atoms with Crippen LogP contribution in [0.1, 0.15) is 12.0 Å². The SMILES string of the molecule is O=C(C[C@@H]1Sc2ccccc2NC1=O)NCCc1ccc(F)cc1. The molecule has 2 aromatic rings. The second kappa shape index (κ2) is 7.49. The number of hydrogen-bond donors (Lipinski definition) is 2. The number of rotatable bonds is 5. The van der Waals surface area contributed by atoms with Crippen LogP contribution in [0.15, 0.2) is 53.4 Å². The Bertz CT molecular complexity index is 749. The molecule has 3 rings (SSSR count). The highest BCUT2D eigenvalue weighted by Gasteiger charge is 2.28. The highest BCUT2D eigenvalue weighted by Crippen LogP contribution is 2.36. The lowest BCUT2D eigenvalue weighted by molar-refractivity contribution is -0.124. The molecule has 0 fully saturated rings. The number of benzene rings is 2. The van der Waals surface area contributed by atoms with E-state index in [-0.39, 0.29) is 24.1 Å². The Balaban J connectivity index is 1.48. The van der Waals surface area contributed by atoms with Gasteiger partial charge in [0, 0.05) is 17.9 Å². The molecule has 0 aromatic heterocycles. The second-order valence-corrected chi connectivity index (χ2v) is 6.77. The van der Waals surface area contributed by atoms with Gasteiger partial charge in [-0.3, -0.25) is 9.59 Å². The zero-order valence-electron chi connectivity index (χ0n) is 12.9. The third kappa shape index (κ3) is 4.14. The molecule has 6 heteroatoms. The van der Waals surface area contributed by atoms with E-state index < -0.39 is 5.25 Å². The minimum atomic E-state index is -0.425. The fourth-order valence-corrected chi connectivity index (χ4v) is 3.58. The fourth-order valence-electron chi connectivity index (χ4n) is 2.46. The average Bonchev–Trinajstić information content (AvgIpc) is 2.57. The molecular weight excluding hydrogens is 327 g/mol. The molecule has 0 aliphatic carbocycles. The molecule has 24 heavy (non-hydrogen) atoms. The quantitative estimate of drug-likeness (QED) is 0.877. The second-order valence-electron chi connectivity index (χ2n) is 5.52. The van der Waals surface area contributed by atoms with Crippen LogP contribution in [0.3, 0.4) is 0 Å². The Morgan fingerprint density at radius 2 is 1.92 bits per heavy atom. The summed E-state index contributed by atoms with van der Waals surface area (Å²) in [4.78, 5) is 25.1. The lowest BCUT2D eigenvalue weighted by atomic mass is 10.1. The van der Waals surface area contributed by atoms with Crippen molar-refractivity contribution in [1.82, 2.24) is 5.32 Å². The van der Waals surface area contributed by atoms with Crippen molar-refractivity contribution in [3.8, 4) is 0 Å². The van der Waals surface area contributed by atoms with Gasteiger partial charge in [0.25, 0.3) is 0 Å². The maximum atomic E-state index is 12.8. The summed E-state index contributed by atoms with van der Waals surface area (Å²) in [7, 11) is 0. The summed E-state index contributed by atoms with van der Waals surface area (Å²) in [5.74, 6) is -0.583. The lowest BCUT2D eigenvalue weighted by Gasteiger charge is -2.23. The average molecular weight is 344 g/mol. The Hall–Kier alpha value is -2.34. The van der Waals surface area contributed by atoms with Crippen LogP contribution in [0, 0.1) is 5.82 Å². The molecule has 2 amide bonds. The number of halogens is 1. The van der Waals surface area contributed by atoms with Crippen LogP contribution in [-0.2, 0) is 16.0 Å². The number of carbonyl (C=O) groups is 2. The van der Waals surface area contributed by atoms with E-state index in [1.54, 1.807) is 12.1 Å². The van der Waals surface area contributed by atoms with E-state index in [0.29, 0.717) is 13.0 Å². The predicted molar refractivity (Wildman–Crippen MR) is 92.4 cm³/mol. The highest BCUT2D eigenvalue weighted by atomic mass is 32.2. The molecular formula is C18H17FN2O2S. The van der Waals surface area contributed by atoms with Crippen molar-refractivity contribution in [2.75, 3.05) is 11.9 Å². The van der Waals surface area contributed by atoms with E-state index in [9.17, 15) is 14.0 Å². The van der Waals surface area contributed by atoms with Crippen molar-refractivity contribution in [1.29, 1.82) is 0 Å². The molecule has 1 atom stereocenters. The minimum absolute atomic E-state index is 0.133. The number of fused-ring (bicyclic) bond motifs is 1. The Morgan fingerprint density at radius 3 is 2.71 bits per heavy atom. The van der Waals surface area contributed by atoms with Gasteiger partial charge in [-0.1, -0.05) is 24.3 Å². The van der Waals surface area contributed by atoms with E-state index in [2.05, 4.69) is 10.6 Å². The maximum Gasteiger partial charge on any atom is 0.238 e. The molecule has 2 aromatic carbocycles.